The van der Waals surface area contributed by atoms with Crippen LogP contribution in [0.25, 0.3) is 5.57 Å². The molecule has 10 nitrogen and oxygen atoms in total. The number of carbonyl (C=O) groups is 2. The second-order valence-electron chi connectivity index (χ2n) is 7.02. The maximum atomic E-state index is 13.2. The average Bonchev–Trinajstić information content (AvgIpc) is 3.52. The number of carbonyl (C=O) groups excluding carboxylic acids is 2. The monoisotopic (exact) mass is 433 g/mol. The maximum absolute atomic E-state index is 13.2. The number of benzene rings is 2. The lowest BCUT2D eigenvalue weighted by molar-refractivity contribution is -0.384. The number of non-ortho nitro benzene ring substituents is 1. The number of hydrogen-bond acceptors (Lipinski definition) is 8. The fourth-order valence-electron chi connectivity index (χ4n) is 3.53. The summed E-state index contributed by atoms with van der Waals surface area (Å²) in [6.45, 7) is 0.0529. The van der Waals surface area contributed by atoms with Gasteiger partial charge in [-0.1, -0.05) is 0 Å². The molecule has 0 saturated heterocycles. The van der Waals surface area contributed by atoms with Crippen molar-refractivity contribution < 1.29 is 28.4 Å². The first-order chi connectivity index (χ1) is 15.5. The molecule has 0 spiro atoms. The molecule has 3 heterocycles. The molecule has 3 aromatic rings. The topological polar surface area (TPSA) is 124 Å². The van der Waals surface area contributed by atoms with Crippen LogP contribution in [0.2, 0.25) is 0 Å². The van der Waals surface area contributed by atoms with Crippen LogP contribution in [0, 0.1) is 10.1 Å². The van der Waals surface area contributed by atoms with Gasteiger partial charge >= 0.3 is 0 Å². The Hall–Kier alpha value is -4.60. The van der Waals surface area contributed by atoms with Crippen LogP contribution >= 0.6 is 0 Å². The van der Waals surface area contributed by atoms with E-state index in [0.29, 0.717) is 28.5 Å². The van der Waals surface area contributed by atoms with Crippen molar-refractivity contribution in [2.75, 3.05) is 12.1 Å². The molecule has 0 radical (unpaired) electrons. The normalized spacial score (nSPS) is 14.9. The third-order valence-corrected chi connectivity index (χ3v) is 5.07. The third kappa shape index (κ3) is 3.33. The number of nitrogens with one attached hydrogen (secondary N) is 1. The molecular weight excluding hydrogens is 418 g/mol. The van der Waals surface area contributed by atoms with E-state index in [4.69, 9.17) is 13.9 Å². The van der Waals surface area contributed by atoms with Gasteiger partial charge in [0.15, 0.2) is 11.5 Å². The van der Waals surface area contributed by atoms with E-state index < -0.39 is 16.7 Å². The summed E-state index contributed by atoms with van der Waals surface area (Å²) in [5.74, 6) is 0.449. The minimum absolute atomic E-state index is 0.0481. The number of hydrogen-bond donors (Lipinski definition) is 1. The molecular formula is C22H15N3O7. The largest absolute Gasteiger partial charge is 0.467 e. The number of fused-ring (bicyclic) bond motifs is 1. The standard InChI is InChI=1S/C22H15N3O7/c26-21-19(13-3-6-15(7-4-13)25(28)29)20(22(27)24(21)11-16-2-1-9-30-16)23-14-5-8-17-18(10-14)32-12-31-17/h1-10,23H,11-12H2. The van der Waals surface area contributed by atoms with Crippen molar-refractivity contribution in [3.8, 4) is 11.5 Å². The molecule has 2 aliphatic heterocycles. The van der Waals surface area contributed by atoms with Crippen LogP contribution in [-0.2, 0) is 16.1 Å². The van der Waals surface area contributed by atoms with Crippen molar-refractivity contribution >= 4 is 28.8 Å². The highest BCUT2D eigenvalue weighted by Gasteiger charge is 2.40. The van der Waals surface area contributed by atoms with E-state index in [1.165, 1.54) is 30.5 Å². The third-order valence-electron chi connectivity index (χ3n) is 5.07. The summed E-state index contributed by atoms with van der Waals surface area (Å²) in [5.41, 5.74) is 0.927. The van der Waals surface area contributed by atoms with Gasteiger partial charge in [-0.2, -0.15) is 0 Å². The van der Waals surface area contributed by atoms with Gasteiger partial charge < -0.3 is 19.2 Å². The number of anilines is 1. The van der Waals surface area contributed by atoms with Gasteiger partial charge in [0, 0.05) is 23.9 Å². The molecule has 0 aliphatic carbocycles. The van der Waals surface area contributed by atoms with Crippen molar-refractivity contribution in [2.24, 2.45) is 0 Å². The summed E-state index contributed by atoms with van der Waals surface area (Å²) in [5, 5.41) is 14.0. The number of nitrogens with zero attached hydrogens (tertiary/aromatic N) is 2. The molecule has 1 N–H and O–H groups in total. The van der Waals surface area contributed by atoms with Crippen molar-refractivity contribution in [1.82, 2.24) is 4.90 Å². The zero-order valence-corrected chi connectivity index (χ0v) is 16.4. The van der Waals surface area contributed by atoms with Crippen molar-refractivity contribution in [3.63, 3.8) is 0 Å². The number of amides is 2. The molecule has 5 rings (SSSR count). The van der Waals surface area contributed by atoms with Gasteiger partial charge in [0.1, 0.15) is 11.5 Å². The second-order valence-corrected chi connectivity index (χ2v) is 7.02. The molecule has 10 heteroatoms. The Labute approximate surface area is 180 Å². The molecule has 0 bridgehead atoms. The first-order valence-corrected chi connectivity index (χ1v) is 9.55. The lowest BCUT2D eigenvalue weighted by atomic mass is 10.0. The van der Waals surface area contributed by atoms with Gasteiger partial charge in [-0.3, -0.25) is 24.6 Å². The van der Waals surface area contributed by atoms with E-state index in [1.54, 1.807) is 30.3 Å². The van der Waals surface area contributed by atoms with E-state index in [2.05, 4.69) is 5.32 Å². The van der Waals surface area contributed by atoms with Gasteiger partial charge in [0.2, 0.25) is 6.79 Å². The molecule has 0 saturated carbocycles. The van der Waals surface area contributed by atoms with Gasteiger partial charge in [-0.05, 0) is 42.0 Å². The Bertz CT molecular complexity index is 1260. The maximum Gasteiger partial charge on any atom is 0.278 e. The first kappa shape index (κ1) is 19.4. The summed E-state index contributed by atoms with van der Waals surface area (Å²) in [7, 11) is 0. The lowest BCUT2D eigenvalue weighted by Crippen LogP contribution is -2.31. The Morgan fingerprint density at radius 3 is 2.50 bits per heavy atom. The van der Waals surface area contributed by atoms with Crippen LogP contribution in [0.5, 0.6) is 11.5 Å². The van der Waals surface area contributed by atoms with Crippen LogP contribution < -0.4 is 14.8 Å². The molecule has 32 heavy (non-hydrogen) atoms. The predicted molar refractivity (Wildman–Crippen MR) is 110 cm³/mol. The SMILES string of the molecule is O=C1C(Nc2ccc3c(c2)OCO3)=C(c2ccc([N+](=O)[O-])cc2)C(=O)N1Cc1ccco1. The predicted octanol–water partition coefficient (Wildman–Crippen LogP) is 3.31. The summed E-state index contributed by atoms with van der Waals surface area (Å²) in [6.07, 6.45) is 1.46. The average molecular weight is 433 g/mol. The number of nitro benzene ring substituents is 1. The first-order valence-electron chi connectivity index (χ1n) is 9.55. The highest BCUT2D eigenvalue weighted by molar-refractivity contribution is 6.36. The van der Waals surface area contributed by atoms with E-state index in [0.717, 1.165) is 4.90 Å². The summed E-state index contributed by atoms with van der Waals surface area (Å²) >= 11 is 0. The molecule has 2 aromatic carbocycles. The fraction of sp³-hybridized carbons (Fsp3) is 0.0909. The fourth-order valence-corrected chi connectivity index (χ4v) is 3.53. The summed E-state index contributed by atoms with van der Waals surface area (Å²) < 4.78 is 16.0. The lowest BCUT2D eigenvalue weighted by Gasteiger charge is -2.13. The van der Waals surface area contributed by atoms with Crippen LogP contribution in [0.1, 0.15) is 11.3 Å². The molecule has 2 aliphatic rings. The molecule has 2 amide bonds. The zero-order valence-electron chi connectivity index (χ0n) is 16.4. The zero-order chi connectivity index (χ0) is 22.2. The summed E-state index contributed by atoms with van der Waals surface area (Å²) in [6, 6.07) is 13.8. The molecule has 160 valence electrons. The summed E-state index contributed by atoms with van der Waals surface area (Å²) in [4.78, 5) is 38.0. The number of ether oxygens (including phenoxy) is 2. The minimum Gasteiger partial charge on any atom is -0.467 e. The molecule has 0 fully saturated rings. The van der Waals surface area contributed by atoms with Crippen molar-refractivity contribution in [3.05, 3.63) is 88.0 Å². The van der Waals surface area contributed by atoms with Gasteiger partial charge in [0.05, 0.1) is 23.3 Å². The Morgan fingerprint density at radius 1 is 1.00 bits per heavy atom. The second kappa shape index (κ2) is 7.58. The molecule has 1 aromatic heterocycles. The highest BCUT2D eigenvalue weighted by Crippen LogP contribution is 2.37. The van der Waals surface area contributed by atoms with Crippen LogP contribution in [-0.4, -0.2) is 28.4 Å². The number of nitro groups is 1. The Morgan fingerprint density at radius 2 is 1.78 bits per heavy atom. The highest BCUT2D eigenvalue weighted by atomic mass is 16.7. The number of rotatable bonds is 6. The number of furan rings is 1. The van der Waals surface area contributed by atoms with E-state index >= 15 is 0 Å². The van der Waals surface area contributed by atoms with E-state index in [1.807, 2.05) is 0 Å². The van der Waals surface area contributed by atoms with Gasteiger partial charge in [-0.25, -0.2) is 0 Å². The Kier molecular flexibility index (Phi) is 4.59. The Balaban J connectivity index is 1.54. The quantitative estimate of drug-likeness (QED) is 0.357. The molecule has 0 unspecified atom stereocenters. The van der Waals surface area contributed by atoms with E-state index in [9.17, 15) is 19.7 Å². The van der Waals surface area contributed by atoms with Gasteiger partial charge in [-0.15, -0.1) is 0 Å². The van der Waals surface area contributed by atoms with Crippen LogP contribution in [0.15, 0.2) is 71.0 Å². The number of imide groups is 1. The van der Waals surface area contributed by atoms with Crippen molar-refractivity contribution in [1.29, 1.82) is 0 Å². The van der Waals surface area contributed by atoms with Gasteiger partial charge in [0.25, 0.3) is 17.5 Å². The molecule has 0 atom stereocenters. The van der Waals surface area contributed by atoms with Crippen LogP contribution in [0.3, 0.4) is 0 Å². The smallest absolute Gasteiger partial charge is 0.278 e. The van der Waals surface area contributed by atoms with E-state index in [-0.39, 0.29) is 30.3 Å². The van der Waals surface area contributed by atoms with Crippen molar-refractivity contribution in [2.45, 2.75) is 6.54 Å². The minimum atomic E-state index is -0.544. The van der Waals surface area contributed by atoms with Crippen LogP contribution in [0.4, 0.5) is 11.4 Å².